The van der Waals surface area contributed by atoms with Crippen LogP contribution in [-0.4, -0.2) is 23.0 Å². The van der Waals surface area contributed by atoms with E-state index in [2.05, 4.69) is 15.3 Å². The van der Waals surface area contributed by atoms with Gasteiger partial charge < -0.3 is 14.8 Å². The number of anilines is 1. The molecule has 4 aromatic rings. The molecule has 2 aromatic carbocycles. The summed E-state index contributed by atoms with van der Waals surface area (Å²) in [6.45, 7) is 0. The molecule has 0 aliphatic rings. The van der Waals surface area contributed by atoms with Crippen LogP contribution in [0.25, 0.3) is 11.0 Å². The van der Waals surface area contributed by atoms with Crippen molar-refractivity contribution >= 4 is 22.8 Å². The highest BCUT2D eigenvalue weighted by atomic mass is 16.5. The van der Waals surface area contributed by atoms with E-state index in [0.717, 1.165) is 5.39 Å². The van der Waals surface area contributed by atoms with Crippen LogP contribution in [0, 0.1) is 0 Å². The van der Waals surface area contributed by atoms with E-state index >= 15 is 0 Å². The highest BCUT2D eigenvalue weighted by Crippen LogP contribution is 2.22. The normalized spacial score (nSPS) is 10.5. The Morgan fingerprint density at radius 2 is 1.57 bits per heavy atom. The molecule has 2 aromatic heterocycles. The summed E-state index contributed by atoms with van der Waals surface area (Å²) in [6.07, 6.45) is 0. The van der Waals surface area contributed by atoms with Crippen LogP contribution in [0.2, 0.25) is 0 Å². The predicted octanol–water partition coefficient (Wildman–Crippen LogP) is 4.68. The number of rotatable bonds is 5. The van der Waals surface area contributed by atoms with Crippen molar-refractivity contribution in [2.75, 3.05) is 12.4 Å². The third-order valence-electron chi connectivity index (χ3n) is 4.09. The van der Waals surface area contributed by atoms with Gasteiger partial charge in [-0.2, -0.15) is 4.98 Å². The maximum Gasteiger partial charge on any atom is 0.256 e. The first kappa shape index (κ1) is 17.5. The highest BCUT2D eigenvalue weighted by molar-refractivity contribution is 6.04. The molecule has 0 unspecified atom stereocenters. The molecule has 2 heterocycles. The lowest BCUT2D eigenvalue weighted by molar-refractivity contribution is 0.102. The number of carbonyl (C=O) groups excluding carboxylic acids is 1. The molecule has 138 valence electrons. The quantitative estimate of drug-likeness (QED) is 0.551. The number of amides is 1. The fraction of sp³-hybridized carbons (Fsp3) is 0.0455. The van der Waals surface area contributed by atoms with Gasteiger partial charge in [-0.3, -0.25) is 4.79 Å². The van der Waals surface area contributed by atoms with Crippen LogP contribution in [0.1, 0.15) is 10.4 Å². The van der Waals surface area contributed by atoms with Crippen molar-refractivity contribution in [1.82, 2.24) is 9.97 Å². The molecule has 0 saturated heterocycles. The number of hydrogen-bond donors (Lipinski definition) is 1. The molecule has 0 atom stereocenters. The molecule has 0 aliphatic heterocycles. The average molecular weight is 371 g/mol. The first-order valence-corrected chi connectivity index (χ1v) is 8.67. The minimum absolute atomic E-state index is 0.258. The lowest BCUT2D eigenvalue weighted by Gasteiger charge is -2.08. The molecule has 1 N–H and O–H groups in total. The SMILES string of the molecule is COc1ccc(C(=O)Nc2ccc3ccc(Oc4ccccc4)nc3n2)cc1. The number of nitrogens with zero attached hydrogens (tertiary/aromatic N) is 2. The number of aromatic nitrogens is 2. The lowest BCUT2D eigenvalue weighted by atomic mass is 10.2. The summed E-state index contributed by atoms with van der Waals surface area (Å²) < 4.78 is 10.9. The summed E-state index contributed by atoms with van der Waals surface area (Å²) in [6, 6.07) is 23.5. The van der Waals surface area contributed by atoms with Crippen LogP contribution < -0.4 is 14.8 Å². The van der Waals surface area contributed by atoms with Gasteiger partial charge in [0.05, 0.1) is 7.11 Å². The Kier molecular flexibility index (Phi) is 4.84. The Bertz CT molecular complexity index is 1110. The zero-order valence-electron chi connectivity index (χ0n) is 15.1. The second-order valence-electron chi connectivity index (χ2n) is 5.99. The van der Waals surface area contributed by atoms with Gasteiger partial charge in [-0.1, -0.05) is 18.2 Å². The molecule has 28 heavy (non-hydrogen) atoms. The minimum atomic E-state index is -0.258. The number of fused-ring (bicyclic) bond motifs is 1. The number of ether oxygens (including phenoxy) is 2. The van der Waals surface area contributed by atoms with Crippen molar-refractivity contribution in [3.8, 4) is 17.4 Å². The zero-order chi connectivity index (χ0) is 19.3. The number of nitrogens with one attached hydrogen (secondary N) is 1. The van der Waals surface area contributed by atoms with Crippen molar-refractivity contribution < 1.29 is 14.3 Å². The number of carbonyl (C=O) groups is 1. The maximum absolute atomic E-state index is 12.4. The van der Waals surface area contributed by atoms with Crippen LogP contribution in [0.15, 0.2) is 78.9 Å². The van der Waals surface area contributed by atoms with Crippen molar-refractivity contribution in [1.29, 1.82) is 0 Å². The van der Waals surface area contributed by atoms with E-state index in [4.69, 9.17) is 9.47 Å². The number of benzene rings is 2. The van der Waals surface area contributed by atoms with Crippen molar-refractivity contribution in [2.45, 2.75) is 0 Å². The van der Waals surface area contributed by atoms with Gasteiger partial charge >= 0.3 is 0 Å². The van der Waals surface area contributed by atoms with Gasteiger partial charge in [-0.15, -0.1) is 0 Å². The van der Waals surface area contributed by atoms with Gasteiger partial charge in [0.1, 0.15) is 17.3 Å². The molecule has 0 bridgehead atoms. The predicted molar refractivity (Wildman–Crippen MR) is 107 cm³/mol. The van der Waals surface area contributed by atoms with Crippen molar-refractivity contribution in [3.05, 3.63) is 84.4 Å². The first-order chi connectivity index (χ1) is 13.7. The summed E-state index contributed by atoms with van der Waals surface area (Å²) in [5, 5.41) is 3.64. The van der Waals surface area contributed by atoms with E-state index in [1.807, 2.05) is 42.5 Å². The molecule has 6 heteroatoms. The molecule has 0 radical (unpaired) electrons. The molecule has 0 fully saturated rings. The van der Waals surface area contributed by atoms with E-state index in [9.17, 15) is 4.79 Å². The summed E-state index contributed by atoms with van der Waals surface area (Å²) in [4.78, 5) is 21.3. The average Bonchev–Trinajstić information content (AvgIpc) is 2.74. The lowest BCUT2D eigenvalue weighted by Crippen LogP contribution is -2.12. The number of methoxy groups -OCH3 is 1. The van der Waals surface area contributed by atoms with E-state index in [-0.39, 0.29) is 5.91 Å². The maximum atomic E-state index is 12.4. The highest BCUT2D eigenvalue weighted by Gasteiger charge is 2.09. The Balaban J connectivity index is 1.54. The summed E-state index contributed by atoms with van der Waals surface area (Å²) in [7, 11) is 1.58. The van der Waals surface area contributed by atoms with Gasteiger partial charge in [0.25, 0.3) is 5.91 Å². The topological polar surface area (TPSA) is 73.3 Å². The Morgan fingerprint density at radius 1 is 0.821 bits per heavy atom. The number of para-hydroxylation sites is 1. The van der Waals surface area contributed by atoms with Crippen molar-refractivity contribution in [3.63, 3.8) is 0 Å². The standard InChI is InChI=1S/C22H17N3O3/c1-27-17-11-7-16(8-12-17)22(26)24-19-13-9-15-10-14-20(25-21(15)23-19)28-18-5-3-2-4-6-18/h2-14H,1H3,(H,23,24,25,26). The smallest absolute Gasteiger partial charge is 0.256 e. The van der Waals surface area contributed by atoms with Crippen LogP contribution in [0.3, 0.4) is 0 Å². The van der Waals surface area contributed by atoms with Crippen LogP contribution >= 0.6 is 0 Å². The Labute approximate surface area is 161 Å². The molecule has 0 saturated carbocycles. The van der Waals surface area contributed by atoms with Gasteiger partial charge in [-0.25, -0.2) is 4.98 Å². The van der Waals surface area contributed by atoms with Crippen molar-refractivity contribution in [2.24, 2.45) is 0 Å². The molecule has 4 rings (SSSR count). The van der Waals surface area contributed by atoms with Crippen LogP contribution in [0.5, 0.6) is 17.4 Å². The monoisotopic (exact) mass is 371 g/mol. The van der Waals surface area contributed by atoms with Gasteiger partial charge in [0.2, 0.25) is 5.88 Å². The largest absolute Gasteiger partial charge is 0.497 e. The molecule has 0 aliphatic carbocycles. The summed E-state index contributed by atoms with van der Waals surface area (Å²) >= 11 is 0. The number of hydrogen-bond acceptors (Lipinski definition) is 5. The Morgan fingerprint density at radius 3 is 2.32 bits per heavy atom. The third kappa shape index (κ3) is 3.91. The second-order valence-corrected chi connectivity index (χ2v) is 5.99. The molecular weight excluding hydrogens is 354 g/mol. The molecule has 1 amide bonds. The van der Waals surface area contributed by atoms with E-state index in [1.54, 1.807) is 43.5 Å². The van der Waals surface area contributed by atoms with Gasteiger partial charge in [0.15, 0.2) is 5.65 Å². The van der Waals surface area contributed by atoms with Crippen LogP contribution in [-0.2, 0) is 0 Å². The fourth-order valence-corrected chi connectivity index (χ4v) is 2.65. The van der Waals surface area contributed by atoms with Crippen LogP contribution in [0.4, 0.5) is 5.82 Å². The molecular formula is C22H17N3O3. The zero-order valence-corrected chi connectivity index (χ0v) is 15.1. The fourth-order valence-electron chi connectivity index (χ4n) is 2.65. The van der Waals surface area contributed by atoms with Gasteiger partial charge in [-0.05, 0) is 54.6 Å². The second kappa shape index (κ2) is 7.75. The van der Waals surface area contributed by atoms with E-state index < -0.39 is 0 Å². The Hall–Kier alpha value is -3.93. The van der Waals surface area contributed by atoms with Gasteiger partial charge in [0, 0.05) is 17.0 Å². The molecule has 0 spiro atoms. The number of pyridine rings is 2. The minimum Gasteiger partial charge on any atom is -0.497 e. The van der Waals surface area contributed by atoms with E-state index in [1.165, 1.54) is 0 Å². The first-order valence-electron chi connectivity index (χ1n) is 8.67. The molecule has 6 nitrogen and oxygen atoms in total. The summed E-state index contributed by atoms with van der Waals surface area (Å²) in [5.41, 5.74) is 0.998. The van der Waals surface area contributed by atoms with E-state index in [0.29, 0.717) is 34.4 Å². The summed E-state index contributed by atoms with van der Waals surface area (Å²) in [5.74, 6) is 1.97. The third-order valence-corrected chi connectivity index (χ3v) is 4.09.